The zero-order valence-corrected chi connectivity index (χ0v) is 18.3. The van der Waals surface area contributed by atoms with E-state index in [1.54, 1.807) is 0 Å². The van der Waals surface area contributed by atoms with E-state index in [9.17, 15) is 14.4 Å². The largest absolute Gasteiger partial charge is 0.368 e. The standard InChI is InChI=1S/C24H39N3O3/c25-23(29)21(27-24(30)20-13-7-2-1-3-8-14-20)15-9-10-18-26-22(28)17-16-19-11-5-4-6-12-19/h5,11-12,20-21H,1-4,6-10,13-18H2,(H2,25,29)(H,26,28)(H,27,30). The van der Waals surface area contributed by atoms with Gasteiger partial charge in [0.15, 0.2) is 0 Å². The molecule has 168 valence electrons. The Kier molecular flexibility index (Phi) is 11.3. The summed E-state index contributed by atoms with van der Waals surface area (Å²) in [6.07, 6.45) is 19.4. The van der Waals surface area contributed by atoms with Crippen molar-refractivity contribution in [2.24, 2.45) is 11.7 Å². The van der Waals surface area contributed by atoms with Crippen LogP contribution in [0.2, 0.25) is 0 Å². The van der Waals surface area contributed by atoms with Crippen molar-refractivity contribution in [3.63, 3.8) is 0 Å². The summed E-state index contributed by atoms with van der Waals surface area (Å²) in [6, 6.07) is -0.622. The van der Waals surface area contributed by atoms with Crippen LogP contribution in [0.4, 0.5) is 0 Å². The second kappa shape index (κ2) is 14.0. The van der Waals surface area contributed by atoms with Gasteiger partial charge in [-0.3, -0.25) is 14.4 Å². The Morgan fingerprint density at radius 1 is 1.03 bits per heavy atom. The summed E-state index contributed by atoms with van der Waals surface area (Å²) < 4.78 is 0. The van der Waals surface area contributed by atoms with Crippen LogP contribution < -0.4 is 16.4 Å². The Morgan fingerprint density at radius 2 is 1.77 bits per heavy atom. The third kappa shape index (κ3) is 9.59. The fourth-order valence-corrected chi connectivity index (χ4v) is 4.19. The van der Waals surface area contributed by atoms with Gasteiger partial charge < -0.3 is 16.4 Å². The molecule has 0 aromatic carbocycles. The zero-order valence-electron chi connectivity index (χ0n) is 18.3. The molecule has 2 rings (SSSR count). The molecule has 3 amide bonds. The van der Waals surface area contributed by atoms with Crippen LogP contribution in [0.5, 0.6) is 0 Å². The van der Waals surface area contributed by atoms with Gasteiger partial charge in [-0.2, -0.15) is 0 Å². The fraction of sp³-hybridized carbons (Fsp3) is 0.708. The molecular formula is C24H39N3O3. The molecule has 0 spiro atoms. The van der Waals surface area contributed by atoms with Gasteiger partial charge in [0.05, 0.1) is 0 Å². The smallest absolute Gasteiger partial charge is 0.239 e. The average Bonchev–Trinajstić information content (AvgIpc) is 2.71. The zero-order chi connectivity index (χ0) is 21.6. The summed E-state index contributed by atoms with van der Waals surface area (Å²) in [6.45, 7) is 0.579. The van der Waals surface area contributed by atoms with Gasteiger partial charge >= 0.3 is 0 Å². The second-order valence-electron chi connectivity index (χ2n) is 8.61. The topological polar surface area (TPSA) is 101 Å². The van der Waals surface area contributed by atoms with E-state index in [2.05, 4.69) is 28.9 Å². The first-order valence-corrected chi connectivity index (χ1v) is 11.8. The van der Waals surface area contributed by atoms with Gasteiger partial charge in [-0.05, 0) is 51.4 Å². The summed E-state index contributed by atoms with van der Waals surface area (Å²) in [5.41, 5.74) is 6.75. The fourth-order valence-electron chi connectivity index (χ4n) is 4.19. The number of nitrogens with one attached hydrogen (secondary N) is 2. The monoisotopic (exact) mass is 417 g/mol. The maximum absolute atomic E-state index is 12.6. The minimum absolute atomic E-state index is 0.000520. The highest BCUT2D eigenvalue weighted by atomic mass is 16.2. The third-order valence-electron chi connectivity index (χ3n) is 6.09. The van der Waals surface area contributed by atoms with Gasteiger partial charge in [0.2, 0.25) is 17.7 Å². The summed E-state index contributed by atoms with van der Waals surface area (Å²) >= 11 is 0. The number of carbonyl (C=O) groups excluding carboxylic acids is 3. The molecule has 0 aromatic heterocycles. The molecule has 1 fully saturated rings. The summed E-state index contributed by atoms with van der Waals surface area (Å²) in [4.78, 5) is 36.3. The van der Waals surface area contributed by atoms with E-state index in [1.807, 2.05) is 0 Å². The van der Waals surface area contributed by atoms with Gasteiger partial charge in [-0.25, -0.2) is 0 Å². The quantitative estimate of drug-likeness (QED) is 0.447. The minimum Gasteiger partial charge on any atom is -0.368 e. The van der Waals surface area contributed by atoms with E-state index in [4.69, 9.17) is 5.73 Å². The number of amides is 3. The molecule has 1 unspecified atom stereocenters. The normalized spacial score (nSPS) is 18.6. The first-order valence-electron chi connectivity index (χ1n) is 11.8. The molecule has 2 aliphatic carbocycles. The van der Waals surface area contributed by atoms with Crippen molar-refractivity contribution in [1.82, 2.24) is 10.6 Å². The van der Waals surface area contributed by atoms with Crippen molar-refractivity contribution >= 4 is 17.7 Å². The van der Waals surface area contributed by atoms with Gasteiger partial charge in [0.1, 0.15) is 6.04 Å². The molecule has 6 nitrogen and oxygen atoms in total. The number of allylic oxidation sites excluding steroid dienone is 4. The summed E-state index contributed by atoms with van der Waals surface area (Å²) in [5, 5.41) is 5.81. The molecule has 0 aliphatic heterocycles. The van der Waals surface area contributed by atoms with E-state index < -0.39 is 11.9 Å². The minimum atomic E-state index is -0.622. The molecule has 0 radical (unpaired) electrons. The van der Waals surface area contributed by atoms with Crippen molar-refractivity contribution in [1.29, 1.82) is 0 Å². The van der Waals surface area contributed by atoms with Crippen molar-refractivity contribution < 1.29 is 14.4 Å². The molecule has 1 atom stereocenters. The van der Waals surface area contributed by atoms with Crippen LogP contribution in [0.1, 0.15) is 89.9 Å². The Hall–Kier alpha value is -2.11. The highest BCUT2D eigenvalue weighted by molar-refractivity contribution is 5.87. The van der Waals surface area contributed by atoms with Crippen LogP contribution in [0.15, 0.2) is 23.8 Å². The van der Waals surface area contributed by atoms with E-state index in [-0.39, 0.29) is 17.7 Å². The van der Waals surface area contributed by atoms with Crippen LogP contribution in [-0.2, 0) is 14.4 Å². The maximum Gasteiger partial charge on any atom is 0.239 e. The van der Waals surface area contributed by atoms with Crippen molar-refractivity contribution in [2.45, 2.75) is 95.9 Å². The lowest BCUT2D eigenvalue weighted by molar-refractivity contribution is -0.130. The number of carbonyl (C=O) groups is 3. The van der Waals surface area contributed by atoms with Crippen LogP contribution in [0, 0.1) is 5.92 Å². The molecule has 6 heteroatoms. The Balaban J connectivity index is 1.61. The van der Waals surface area contributed by atoms with Gasteiger partial charge in [-0.15, -0.1) is 0 Å². The average molecular weight is 418 g/mol. The lowest BCUT2D eigenvalue weighted by Gasteiger charge is -2.22. The Bertz CT molecular complexity index is 619. The molecule has 0 bridgehead atoms. The molecular weight excluding hydrogens is 378 g/mol. The van der Waals surface area contributed by atoms with Crippen molar-refractivity contribution in [3.8, 4) is 0 Å². The third-order valence-corrected chi connectivity index (χ3v) is 6.09. The number of hydrogen-bond acceptors (Lipinski definition) is 3. The lowest BCUT2D eigenvalue weighted by Crippen LogP contribution is -2.46. The number of unbranched alkanes of at least 4 members (excludes halogenated alkanes) is 1. The highest BCUT2D eigenvalue weighted by Gasteiger charge is 2.24. The molecule has 0 saturated heterocycles. The van der Waals surface area contributed by atoms with Gasteiger partial charge in [0, 0.05) is 18.9 Å². The predicted molar refractivity (Wildman–Crippen MR) is 119 cm³/mol. The van der Waals surface area contributed by atoms with E-state index in [0.29, 0.717) is 19.4 Å². The molecule has 2 aliphatic rings. The van der Waals surface area contributed by atoms with Crippen molar-refractivity contribution in [2.75, 3.05) is 6.54 Å². The molecule has 0 aromatic rings. The van der Waals surface area contributed by atoms with E-state index in [1.165, 1.54) is 24.8 Å². The van der Waals surface area contributed by atoms with Crippen LogP contribution in [0.25, 0.3) is 0 Å². The van der Waals surface area contributed by atoms with Crippen LogP contribution in [-0.4, -0.2) is 30.3 Å². The molecule has 0 heterocycles. The van der Waals surface area contributed by atoms with E-state index >= 15 is 0 Å². The van der Waals surface area contributed by atoms with E-state index in [0.717, 1.165) is 57.8 Å². The molecule has 4 N–H and O–H groups in total. The van der Waals surface area contributed by atoms with Crippen LogP contribution >= 0.6 is 0 Å². The first kappa shape index (κ1) is 24.2. The summed E-state index contributed by atoms with van der Waals surface area (Å²) in [5.74, 6) is -0.452. The SMILES string of the molecule is NC(=O)C(CCCCNC(=O)CCC1=CCCC=C1)NC(=O)C1CCCCCCC1. The number of primary amides is 1. The highest BCUT2D eigenvalue weighted by Crippen LogP contribution is 2.22. The van der Waals surface area contributed by atoms with Crippen molar-refractivity contribution in [3.05, 3.63) is 23.8 Å². The van der Waals surface area contributed by atoms with Gasteiger partial charge in [0.25, 0.3) is 0 Å². The lowest BCUT2D eigenvalue weighted by atomic mass is 9.90. The predicted octanol–water partition coefficient (Wildman–Crippen LogP) is 3.66. The number of hydrogen-bond donors (Lipinski definition) is 3. The number of nitrogens with two attached hydrogens (primary N) is 1. The second-order valence-corrected chi connectivity index (χ2v) is 8.61. The maximum atomic E-state index is 12.6. The van der Waals surface area contributed by atoms with Crippen LogP contribution in [0.3, 0.4) is 0 Å². The molecule has 30 heavy (non-hydrogen) atoms. The Morgan fingerprint density at radius 3 is 2.43 bits per heavy atom. The number of rotatable bonds is 11. The Labute approximate surface area is 181 Å². The molecule has 1 saturated carbocycles. The first-order chi connectivity index (χ1) is 14.6. The summed E-state index contributed by atoms with van der Waals surface area (Å²) in [7, 11) is 0. The van der Waals surface area contributed by atoms with Gasteiger partial charge in [-0.1, -0.05) is 55.9 Å².